The molecule has 0 fully saturated rings. The summed E-state index contributed by atoms with van der Waals surface area (Å²) in [5.41, 5.74) is 2.22. The summed E-state index contributed by atoms with van der Waals surface area (Å²) in [6.07, 6.45) is 8.72. The van der Waals surface area contributed by atoms with Crippen molar-refractivity contribution in [2.24, 2.45) is 0 Å². The van der Waals surface area contributed by atoms with Crippen LogP contribution < -0.4 is 5.32 Å². The van der Waals surface area contributed by atoms with E-state index in [9.17, 15) is 4.79 Å². The molecular formula is C15H15N3OS. The van der Waals surface area contributed by atoms with E-state index in [1.807, 2.05) is 42.0 Å². The first kappa shape index (κ1) is 14.2. The van der Waals surface area contributed by atoms with E-state index in [0.717, 1.165) is 16.4 Å². The Hall–Kier alpha value is -2.19. The molecule has 0 radical (unpaired) electrons. The Balaban J connectivity index is 2.08. The van der Waals surface area contributed by atoms with Crippen LogP contribution in [0.25, 0.3) is 5.69 Å². The predicted molar refractivity (Wildman–Crippen MR) is 80.9 cm³/mol. The van der Waals surface area contributed by atoms with Crippen molar-refractivity contribution >= 4 is 17.7 Å². The molecule has 0 aliphatic rings. The number of carbonyl (C=O) groups excluding carboxylic acids is 1. The number of carbonyl (C=O) groups is 1. The summed E-state index contributed by atoms with van der Waals surface area (Å²) in [5.74, 6) is 2.58. The highest BCUT2D eigenvalue weighted by molar-refractivity contribution is 7.99. The fourth-order valence-corrected chi connectivity index (χ4v) is 2.54. The van der Waals surface area contributed by atoms with Crippen molar-refractivity contribution in [3.05, 3.63) is 42.2 Å². The molecule has 1 N–H and O–H groups in total. The van der Waals surface area contributed by atoms with Gasteiger partial charge in [0.05, 0.1) is 18.0 Å². The maximum Gasteiger partial charge on any atom is 0.231 e. The number of thioether (sulfide) groups is 1. The van der Waals surface area contributed by atoms with E-state index < -0.39 is 0 Å². The van der Waals surface area contributed by atoms with Crippen LogP contribution in [0.5, 0.6) is 0 Å². The van der Waals surface area contributed by atoms with Gasteiger partial charge in [-0.15, -0.1) is 6.42 Å². The van der Waals surface area contributed by atoms with Gasteiger partial charge in [-0.05, 0) is 18.6 Å². The molecule has 5 heteroatoms. The highest BCUT2D eigenvalue weighted by Crippen LogP contribution is 2.22. The van der Waals surface area contributed by atoms with E-state index in [0.29, 0.717) is 5.75 Å². The van der Waals surface area contributed by atoms with E-state index in [-0.39, 0.29) is 12.5 Å². The number of amides is 1. The average molecular weight is 285 g/mol. The molecule has 0 unspecified atom stereocenters. The molecule has 1 amide bonds. The van der Waals surface area contributed by atoms with Gasteiger partial charge in [0.15, 0.2) is 5.16 Å². The fourth-order valence-electron chi connectivity index (χ4n) is 1.74. The van der Waals surface area contributed by atoms with Crippen molar-refractivity contribution in [1.82, 2.24) is 14.9 Å². The van der Waals surface area contributed by atoms with Gasteiger partial charge in [0.25, 0.3) is 0 Å². The molecule has 1 heterocycles. The van der Waals surface area contributed by atoms with Gasteiger partial charge in [0.1, 0.15) is 0 Å². The van der Waals surface area contributed by atoms with E-state index in [4.69, 9.17) is 6.42 Å². The second-order valence-corrected chi connectivity index (χ2v) is 5.08. The second-order valence-electron chi connectivity index (χ2n) is 4.14. The van der Waals surface area contributed by atoms with Crippen LogP contribution in [-0.4, -0.2) is 27.8 Å². The molecule has 0 saturated carbocycles. The zero-order valence-electron chi connectivity index (χ0n) is 11.2. The lowest BCUT2D eigenvalue weighted by atomic mass is 10.2. The van der Waals surface area contributed by atoms with Crippen molar-refractivity contribution in [3.63, 3.8) is 0 Å². The van der Waals surface area contributed by atoms with Crippen LogP contribution in [-0.2, 0) is 4.79 Å². The first-order valence-corrected chi connectivity index (χ1v) is 7.13. The van der Waals surface area contributed by atoms with Crippen molar-refractivity contribution in [2.45, 2.75) is 12.1 Å². The van der Waals surface area contributed by atoms with Crippen molar-refractivity contribution in [1.29, 1.82) is 0 Å². The van der Waals surface area contributed by atoms with Gasteiger partial charge in [-0.25, -0.2) is 4.98 Å². The van der Waals surface area contributed by atoms with Gasteiger partial charge in [0.2, 0.25) is 5.91 Å². The van der Waals surface area contributed by atoms with Crippen LogP contribution in [0.4, 0.5) is 0 Å². The van der Waals surface area contributed by atoms with Crippen LogP contribution >= 0.6 is 11.8 Å². The van der Waals surface area contributed by atoms with Crippen LogP contribution in [0.2, 0.25) is 0 Å². The normalized spacial score (nSPS) is 10.0. The molecule has 0 spiro atoms. The summed E-state index contributed by atoms with van der Waals surface area (Å²) in [5, 5.41) is 3.42. The minimum atomic E-state index is -0.0905. The van der Waals surface area contributed by atoms with Crippen LogP contribution in [0.15, 0.2) is 41.8 Å². The number of benzene rings is 1. The molecule has 1 aromatic heterocycles. The van der Waals surface area contributed by atoms with Gasteiger partial charge in [-0.1, -0.05) is 35.9 Å². The van der Waals surface area contributed by atoms with E-state index in [1.54, 1.807) is 6.20 Å². The number of nitrogens with zero attached hydrogens (tertiary/aromatic N) is 2. The molecule has 0 bridgehead atoms. The summed E-state index contributed by atoms with van der Waals surface area (Å²) in [7, 11) is 0. The summed E-state index contributed by atoms with van der Waals surface area (Å²) < 4.78 is 1.98. The Labute approximate surface area is 122 Å². The number of nitrogens with one attached hydrogen (secondary N) is 1. The topological polar surface area (TPSA) is 46.9 Å². The molecule has 20 heavy (non-hydrogen) atoms. The molecule has 0 saturated heterocycles. The first-order valence-electron chi connectivity index (χ1n) is 6.14. The fraction of sp³-hybridized carbons (Fsp3) is 0.200. The number of terminal acetylenes is 1. The maximum absolute atomic E-state index is 11.5. The van der Waals surface area contributed by atoms with Crippen molar-refractivity contribution < 1.29 is 4.79 Å². The van der Waals surface area contributed by atoms with E-state index >= 15 is 0 Å². The lowest BCUT2D eigenvalue weighted by Gasteiger charge is -2.10. The van der Waals surface area contributed by atoms with Gasteiger partial charge in [-0.3, -0.25) is 9.36 Å². The van der Waals surface area contributed by atoms with Crippen LogP contribution in [0.1, 0.15) is 5.56 Å². The standard InChI is InChI=1S/C15H15N3OS/c1-3-8-16-14(19)11-20-15-17-9-10-18(15)13-7-5-4-6-12(13)2/h1,4-7,9-10H,8,11H2,2H3,(H,16,19). The van der Waals surface area contributed by atoms with Crippen molar-refractivity contribution in [3.8, 4) is 18.0 Å². The SMILES string of the molecule is C#CCNC(=O)CSc1nccn1-c1ccccc1C. The molecule has 102 valence electrons. The Morgan fingerprint density at radius 2 is 2.30 bits per heavy atom. The smallest absolute Gasteiger partial charge is 0.231 e. The van der Waals surface area contributed by atoms with Gasteiger partial charge < -0.3 is 5.32 Å². The minimum Gasteiger partial charge on any atom is -0.344 e. The lowest BCUT2D eigenvalue weighted by molar-refractivity contribution is -0.118. The molecule has 2 aromatic rings. The number of aryl methyl sites for hydroxylation is 1. The quantitative estimate of drug-likeness (QED) is 0.675. The average Bonchev–Trinajstić information content (AvgIpc) is 2.91. The van der Waals surface area contributed by atoms with Gasteiger partial charge >= 0.3 is 0 Å². The molecule has 2 rings (SSSR count). The highest BCUT2D eigenvalue weighted by atomic mass is 32.2. The third-order valence-corrected chi connectivity index (χ3v) is 3.67. The number of imidazole rings is 1. The van der Waals surface area contributed by atoms with Gasteiger partial charge in [0, 0.05) is 12.4 Å². The molecule has 0 aliphatic heterocycles. The molecule has 0 aliphatic carbocycles. The van der Waals surface area contributed by atoms with Crippen LogP contribution in [0.3, 0.4) is 0 Å². The molecule has 1 aromatic carbocycles. The van der Waals surface area contributed by atoms with E-state index in [2.05, 4.69) is 16.2 Å². The monoisotopic (exact) mass is 285 g/mol. The second kappa shape index (κ2) is 6.83. The molecule has 0 atom stereocenters. The van der Waals surface area contributed by atoms with Crippen molar-refractivity contribution in [2.75, 3.05) is 12.3 Å². The largest absolute Gasteiger partial charge is 0.344 e. The zero-order chi connectivity index (χ0) is 14.4. The zero-order valence-corrected chi connectivity index (χ0v) is 12.0. The predicted octanol–water partition coefficient (Wildman–Crippen LogP) is 2.02. The number of hydrogen-bond donors (Lipinski definition) is 1. The lowest BCUT2D eigenvalue weighted by Crippen LogP contribution is -2.25. The summed E-state index contributed by atoms with van der Waals surface area (Å²) in [6.45, 7) is 2.30. The number of hydrogen-bond acceptors (Lipinski definition) is 3. The number of aromatic nitrogens is 2. The number of para-hydroxylation sites is 1. The Morgan fingerprint density at radius 3 is 3.05 bits per heavy atom. The van der Waals surface area contributed by atoms with E-state index in [1.165, 1.54) is 11.8 Å². The third-order valence-electron chi connectivity index (χ3n) is 2.70. The Kier molecular flexibility index (Phi) is 4.85. The Bertz CT molecular complexity index is 643. The van der Waals surface area contributed by atoms with Crippen LogP contribution in [0, 0.1) is 19.3 Å². The summed E-state index contributed by atoms with van der Waals surface area (Å²) >= 11 is 1.39. The summed E-state index contributed by atoms with van der Waals surface area (Å²) in [6, 6.07) is 8.05. The highest BCUT2D eigenvalue weighted by Gasteiger charge is 2.09. The third kappa shape index (κ3) is 3.43. The number of rotatable bonds is 5. The molecule has 4 nitrogen and oxygen atoms in total. The maximum atomic E-state index is 11.5. The first-order chi connectivity index (χ1) is 9.72. The van der Waals surface area contributed by atoms with Gasteiger partial charge in [-0.2, -0.15) is 0 Å². The summed E-state index contributed by atoms with van der Waals surface area (Å²) in [4.78, 5) is 15.8. The Morgan fingerprint density at radius 1 is 1.50 bits per heavy atom. The molecular weight excluding hydrogens is 270 g/mol. The minimum absolute atomic E-state index is 0.0905.